The van der Waals surface area contributed by atoms with Crippen molar-refractivity contribution < 1.29 is 4.52 Å². The Labute approximate surface area is 110 Å². The van der Waals surface area contributed by atoms with Crippen LogP contribution < -0.4 is 5.73 Å². The highest BCUT2D eigenvalue weighted by Gasteiger charge is 2.21. The number of hydrogen-bond acceptors (Lipinski definition) is 5. The molecule has 1 saturated carbocycles. The summed E-state index contributed by atoms with van der Waals surface area (Å²) >= 11 is 1.92. The number of nitrogens with two attached hydrogens (primary N) is 1. The van der Waals surface area contributed by atoms with Crippen LogP contribution in [0.1, 0.15) is 25.2 Å². The van der Waals surface area contributed by atoms with Crippen molar-refractivity contribution in [1.82, 2.24) is 10.1 Å². The monoisotopic (exact) mass is 261 g/mol. The lowest BCUT2D eigenvalue weighted by atomic mass is 10.00. The summed E-state index contributed by atoms with van der Waals surface area (Å²) in [4.78, 5) is 5.52. The third-order valence-electron chi connectivity index (χ3n) is 3.12. The van der Waals surface area contributed by atoms with E-state index >= 15 is 0 Å². The van der Waals surface area contributed by atoms with E-state index in [4.69, 9.17) is 10.3 Å². The second-order valence-electron chi connectivity index (χ2n) is 4.38. The molecule has 0 atom stereocenters. The molecule has 0 radical (unpaired) electrons. The third-order valence-corrected chi connectivity index (χ3v) is 4.53. The van der Waals surface area contributed by atoms with Gasteiger partial charge in [0.05, 0.1) is 6.54 Å². The second kappa shape index (κ2) is 5.12. The summed E-state index contributed by atoms with van der Waals surface area (Å²) in [6.45, 7) is 0.283. The largest absolute Gasteiger partial charge is 0.338 e. The molecule has 0 spiro atoms. The van der Waals surface area contributed by atoms with Crippen LogP contribution in [0, 0.1) is 0 Å². The number of thioether (sulfide) groups is 1. The van der Waals surface area contributed by atoms with E-state index in [1.54, 1.807) is 0 Å². The Balaban J connectivity index is 1.89. The van der Waals surface area contributed by atoms with Gasteiger partial charge in [-0.15, -0.1) is 11.8 Å². The molecule has 1 aromatic heterocycles. The lowest BCUT2D eigenvalue weighted by Gasteiger charge is -2.25. The molecule has 1 heterocycles. The molecule has 0 aliphatic heterocycles. The summed E-state index contributed by atoms with van der Waals surface area (Å²) < 4.78 is 5.07. The van der Waals surface area contributed by atoms with Crippen molar-refractivity contribution >= 4 is 11.8 Å². The summed E-state index contributed by atoms with van der Waals surface area (Å²) in [5.74, 6) is 1.12. The Morgan fingerprint density at radius 2 is 2.17 bits per heavy atom. The topological polar surface area (TPSA) is 64.9 Å². The molecule has 0 unspecified atom stereocenters. The first kappa shape index (κ1) is 11.7. The normalized spacial score (nSPS) is 15.6. The van der Waals surface area contributed by atoms with Gasteiger partial charge in [-0.05, 0) is 25.0 Å². The summed E-state index contributed by atoms with van der Waals surface area (Å²) in [7, 11) is 0. The third kappa shape index (κ3) is 2.28. The van der Waals surface area contributed by atoms with E-state index < -0.39 is 0 Å². The summed E-state index contributed by atoms with van der Waals surface area (Å²) in [5, 5.41) is 4.73. The van der Waals surface area contributed by atoms with Crippen LogP contribution in [0.15, 0.2) is 33.7 Å². The molecule has 1 aromatic carbocycles. The first-order chi connectivity index (χ1) is 8.86. The summed E-state index contributed by atoms with van der Waals surface area (Å²) in [6, 6.07) is 8.20. The van der Waals surface area contributed by atoms with Gasteiger partial charge in [-0.3, -0.25) is 0 Å². The van der Waals surface area contributed by atoms with E-state index in [2.05, 4.69) is 22.3 Å². The van der Waals surface area contributed by atoms with E-state index in [9.17, 15) is 0 Å². The van der Waals surface area contributed by atoms with Crippen LogP contribution in [0.4, 0.5) is 0 Å². The van der Waals surface area contributed by atoms with E-state index in [-0.39, 0.29) is 6.54 Å². The molecule has 1 aliphatic rings. The van der Waals surface area contributed by atoms with Gasteiger partial charge in [0.1, 0.15) is 0 Å². The van der Waals surface area contributed by atoms with Crippen molar-refractivity contribution in [2.24, 2.45) is 5.73 Å². The molecule has 18 heavy (non-hydrogen) atoms. The molecular formula is C13H15N3OS. The number of benzene rings is 1. The molecule has 94 valence electrons. The molecule has 0 bridgehead atoms. The molecule has 1 aliphatic carbocycles. The Hall–Kier alpha value is -1.33. The zero-order chi connectivity index (χ0) is 12.4. The molecule has 1 fully saturated rings. The molecule has 4 nitrogen and oxygen atoms in total. The van der Waals surface area contributed by atoms with E-state index in [1.807, 2.05) is 23.9 Å². The van der Waals surface area contributed by atoms with Gasteiger partial charge >= 0.3 is 0 Å². The van der Waals surface area contributed by atoms with Gasteiger partial charge in [-0.2, -0.15) is 4.98 Å². The van der Waals surface area contributed by atoms with Crippen LogP contribution in [0.2, 0.25) is 0 Å². The van der Waals surface area contributed by atoms with Gasteiger partial charge < -0.3 is 10.3 Å². The Kier molecular flexibility index (Phi) is 3.34. The minimum atomic E-state index is 0.283. The van der Waals surface area contributed by atoms with Gasteiger partial charge in [-0.1, -0.05) is 23.7 Å². The maximum Gasteiger partial charge on any atom is 0.240 e. The van der Waals surface area contributed by atoms with Crippen LogP contribution in [0.25, 0.3) is 11.4 Å². The van der Waals surface area contributed by atoms with Crippen molar-refractivity contribution in [3.63, 3.8) is 0 Å². The highest BCUT2D eigenvalue weighted by Crippen LogP contribution is 2.40. The first-order valence-corrected chi connectivity index (χ1v) is 7.03. The van der Waals surface area contributed by atoms with Crippen LogP contribution in [0.5, 0.6) is 0 Å². The lowest BCUT2D eigenvalue weighted by molar-refractivity contribution is 0.380. The number of hydrogen-bond donors (Lipinski definition) is 1. The number of nitrogens with zero attached hydrogens (tertiary/aromatic N) is 2. The predicted octanol–water partition coefficient (Wildman–Crippen LogP) is 2.84. The first-order valence-electron chi connectivity index (χ1n) is 6.15. The SMILES string of the molecule is NCc1nc(-c2ccccc2SC2CCC2)no1. The molecule has 5 heteroatoms. The van der Waals surface area contributed by atoms with Crippen LogP contribution in [0.3, 0.4) is 0 Å². The molecule has 2 N–H and O–H groups in total. The average Bonchev–Trinajstić information content (AvgIpc) is 2.83. The molecule has 2 aromatic rings. The molecule has 0 saturated heterocycles. The minimum Gasteiger partial charge on any atom is -0.338 e. The number of aromatic nitrogens is 2. The molecule has 0 amide bonds. The smallest absolute Gasteiger partial charge is 0.240 e. The summed E-state index contributed by atoms with van der Waals surface area (Å²) in [6.07, 6.45) is 3.96. The van der Waals surface area contributed by atoms with Crippen LogP contribution >= 0.6 is 11.8 Å². The highest BCUT2D eigenvalue weighted by molar-refractivity contribution is 8.00. The fourth-order valence-corrected chi connectivity index (χ4v) is 3.24. The van der Waals surface area contributed by atoms with Gasteiger partial charge in [0.25, 0.3) is 0 Å². The van der Waals surface area contributed by atoms with E-state index in [0.717, 1.165) is 10.8 Å². The zero-order valence-corrected chi connectivity index (χ0v) is 10.8. The van der Waals surface area contributed by atoms with Crippen LogP contribution in [-0.2, 0) is 6.54 Å². The van der Waals surface area contributed by atoms with Crippen LogP contribution in [-0.4, -0.2) is 15.4 Å². The van der Waals surface area contributed by atoms with Crippen molar-refractivity contribution in [2.45, 2.75) is 36.0 Å². The number of rotatable bonds is 4. The van der Waals surface area contributed by atoms with Gasteiger partial charge in [0, 0.05) is 15.7 Å². The van der Waals surface area contributed by atoms with Crippen molar-refractivity contribution in [3.05, 3.63) is 30.2 Å². The second-order valence-corrected chi connectivity index (χ2v) is 5.72. The van der Waals surface area contributed by atoms with Crippen molar-refractivity contribution in [2.75, 3.05) is 0 Å². The minimum absolute atomic E-state index is 0.283. The maximum atomic E-state index is 5.49. The lowest BCUT2D eigenvalue weighted by Crippen LogP contribution is -2.12. The van der Waals surface area contributed by atoms with E-state index in [0.29, 0.717) is 11.7 Å². The fourth-order valence-electron chi connectivity index (χ4n) is 1.87. The average molecular weight is 261 g/mol. The van der Waals surface area contributed by atoms with Crippen molar-refractivity contribution in [3.8, 4) is 11.4 Å². The van der Waals surface area contributed by atoms with Gasteiger partial charge in [0.15, 0.2) is 0 Å². The zero-order valence-electron chi connectivity index (χ0n) is 10.0. The van der Waals surface area contributed by atoms with Gasteiger partial charge in [0.2, 0.25) is 11.7 Å². The maximum absolute atomic E-state index is 5.49. The highest BCUT2D eigenvalue weighted by atomic mass is 32.2. The standard InChI is InChI=1S/C13H15N3OS/c14-8-12-15-13(16-17-12)10-6-1-2-7-11(10)18-9-4-3-5-9/h1-2,6-7,9H,3-5,8,14H2. The summed E-state index contributed by atoms with van der Waals surface area (Å²) in [5.41, 5.74) is 6.53. The van der Waals surface area contributed by atoms with Crippen molar-refractivity contribution in [1.29, 1.82) is 0 Å². The Morgan fingerprint density at radius 3 is 2.83 bits per heavy atom. The fraction of sp³-hybridized carbons (Fsp3) is 0.385. The molecular weight excluding hydrogens is 246 g/mol. The van der Waals surface area contributed by atoms with Gasteiger partial charge in [-0.25, -0.2) is 0 Å². The predicted molar refractivity (Wildman–Crippen MR) is 71.1 cm³/mol. The molecule has 3 rings (SSSR count). The quantitative estimate of drug-likeness (QED) is 0.916. The Bertz CT molecular complexity index is 537. The Morgan fingerprint density at radius 1 is 1.33 bits per heavy atom. The van der Waals surface area contributed by atoms with E-state index in [1.165, 1.54) is 24.2 Å².